The fraction of sp³-hybridized carbons (Fsp3) is 0.0833. The van der Waals surface area contributed by atoms with E-state index in [4.69, 9.17) is 0 Å². The molecule has 0 unspecified atom stereocenters. The third-order valence-corrected chi connectivity index (χ3v) is 4.65. The highest BCUT2D eigenvalue weighted by Gasteiger charge is 2.17. The number of halogens is 1. The maximum Gasteiger partial charge on any atom is 0.263 e. The van der Waals surface area contributed by atoms with E-state index in [9.17, 15) is 8.42 Å². The lowest BCUT2D eigenvalue weighted by Crippen LogP contribution is -2.13. The number of hydrogen-bond donors (Lipinski definition) is 1. The van der Waals surface area contributed by atoms with Gasteiger partial charge in [-0.05, 0) is 52.7 Å². The van der Waals surface area contributed by atoms with Crippen LogP contribution >= 0.6 is 15.9 Å². The number of aromatic nitrogens is 1. The van der Waals surface area contributed by atoms with Crippen LogP contribution in [0.25, 0.3) is 0 Å². The summed E-state index contributed by atoms with van der Waals surface area (Å²) in [5.74, 6) is 0. The van der Waals surface area contributed by atoms with Crippen molar-refractivity contribution in [2.45, 2.75) is 11.8 Å². The molecule has 18 heavy (non-hydrogen) atoms. The number of aryl methyl sites for hydroxylation is 1. The van der Waals surface area contributed by atoms with Gasteiger partial charge in [0.25, 0.3) is 10.0 Å². The molecular formula is C12H11BrN2O2S. The van der Waals surface area contributed by atoms with E-state index in [-0.39, 0.29) is 4.90 Å². The summed E-state index contributed by atoms with van der Waals surface area (Å²) >= 11 is 3.26. The Bertz CT molecular complexity index is 657. The Balaban J connectivity index is 2.37. The van der Waals surface area contributed by atoms with Crippen LogP contribution in [0, 0.1) is 6.92 Å². The Morgan fingerprint density at radius 2 is 2.06 bits per heavy atom. The van der Waals surface area contributed by atoms with Gasteiger partial charge in [-0.1, -0.05) is 6.07 Å². The molecule has 0 aliphatic carbocycles. The molecule has 0 radical (unpaired) electrons. The molecule has 1 aromatic carbocycles. The molecule has 0 amide bonds. The molecule has 0 fully saturated rings. The molecule has 94 valence electrons. The van der Waals surface area contributed by atoms with Gasteiger partial charge in [-0.15, -0.1) is 0 Å². The largest absolute Gasteiger partial charge is 0.278 e. The summed E-state index contributed by atoms with van der Waals surface area (Å²) in [7, 11) is -3.60. The van der Waals surface area contributed by atoms with E-state index in [1.54, 1.807) is 36.5 Å². The van der Waals surface area contributed by atoms with Crippen molar-refractivity contribution in [3.05, 3.63) is 52.8 Å². The molecule has 1 heterocycles. The molecule has 0 spiro atoms. The Kier molecular flexibility index (Phi) is 3.68. The fourth-order valence-electron chi connectivity index (χ4n) is 1.46. The summed E-state index contributed by atoms with van der Waals surface area (Å²) in [5.41, 5.74) is 1.42. The second-order valence-corrected chi connectivity index (χ2v) is 6.29. The van der Waals surface area contributed by atoms with Gasteiger partial charge >= 0.3 is 0 Å². The van der Waals surface area contributed by atoms with Crippen LogP contribution in [0.2, 0.25) is 0 Å². The zero-order valence-electron chi connectivity index (χ0n) is 9.59. The van der Waals surface area contributed by atoms with Crippen LogP contribution in [0.15, 0.2) is 52.1 Å². The van der Waals surface area contributed by atoms with Gasteiger partial charge in [0.05, 0.1) is 11.9 Å². The highest BCUT2D eigenvalue weighted by molar-refractivity contribution is 9.10. The van der Waals surface area contributed by atoms with Crippen molar-refractivity contribution in [3.8, 4) is 0 Å². The molecule has 0 atom stereocenters. The van der Waals surface area contributed by atoms with Crippen LogP contribution in [-0.4, -0.2) is 13.4 Å². The lowest BCUT2D eigenvalue weighted by Gasteiger charge is -2.09. The average Bonchev–Trinajstić information content (AvgIpc) is 2.29. The highest BCUT2D eigenvalue weighted by Crippen LogP contribution is 2.24. The summed E-state index contributed by atoms with van der Waals surface area (Å²) in [6.45, 7) is 1.90. The summed E-state index contributed by atoms with van der Waals surface area (Å²) in [6, 6.07) is 8.40. The minimum absolute atomic E-state index is 0.206. The Hall–Kier alpha value is -1.40. The Morgan fingerprint density at radius 1 is 1.28 bits per heavy atom. The van der Waals surface area contributed by atoms with Crippen LogP contribution in [0.1, 0.15) is 5.56 Å². The number of nitrogens with one attached hydrogen (secondary N) is 1. The van der Waals surface area contributed by atoms with Gasteiger partial charge in [-0.3, -0.25) is 9.71 Å². The predicted octanol–water partition coefficient (Wildman–Crippen LogP) is 2.95. The van der Waals surface area contributed by atoms with Crippen molar-refractivity contribution < 1.29 is 8.42 Å². The van der Waals surface area contributed by atoms with E-state index in [0.29, 0.717) is 10.2 Å². The smallest absolute Gasteiger partial charge is 0.263 e. The standard InChI is InChI=1S/C12H11BrN2O2S/c1-9-4-5-12(11(13)7-9)18(16,17)15-10-3-2-6-14-8-10/h2-8,15H,1H3. The topological polar surface area (TPSA) is 59.1 Å². The molecule has 1 aromatic heterocycles. The number of hydrogen-bond acceptors (Lipinski definition) is 3. The molecular weight excluding hydrogens is 316 g/mol. The van der Waals surface area contributed by atoms with Crippen molar-refractivity contribution in [2.75, 3.05) is 4.72 Å². The lowest BCUT2D eigenvalue weighted by molar-refractivity contribution is 0.600. The molecule has 0 saturated heterocycles. The third-order valence-electron chi connectivity index (χ3n) is 2.29. The number of rotatable bonds is 3. The molecule has 0 aliphatic heterocycles. The first-order valence-corrected chi connectivity index (χ1v) is 7.46. The maximum atomic E-state index is 12.2. The number of sulfonamides is 1. The van der Waals surface area contributed by atoms with Crippen LogP contribution < -0.4 is 4.72 Å². The first-order valence-electron chi connectivity index (χ1n) is 5.18. The predicted molar refractivity (Wildman–Crippen MR) is 73.9 cm³/mol. The third kappa shape index (κ3) is 2.88. The van der Waals surface area contributed by atoms with Gasteiger partial charge in [0, 0.05) is 10.7 Å². The maximum absolute atomic E-state index is 12.2. The van der Waals surface area contributed by atoms with Gasteiger partial charge in [-0.2, -0.15) is 0 Å². The van der Waals surface area contributed by atoms with Crippen molar-refractivity contribution in [3.63, 3.8) is 0 Å². The Morgan fingerprint density at radius 3 is 2.67 bits per heavy atom. The van der Waals surface area contributed by atoms with Gasteiger partial charge in [0.2, 0.25) is 0 Å². The van der Waals surface area contributed by atoms with E-state index in [0.717, 1.165) is 5.56 Å². The van der Waals surface area contributed by atoms with Crippen molar-refractivity contribution in [1.82, 2.24) is 4.98 Å². The number of nitrogens with zero attached hydrogens (tertiary/aromatic N) is 1. The van der Waals surface area contributed by atoms with Crippen LogP contribution in [-0.2, 0) is 10.0 Å². The summed E-state index contributed by atoms with van der Waals surface area (Å²) in [4.78, 5) is 4.07. The monoisotopic (exact) mass is 326 g/mol. The van der Waals surface area contributed by atoms with Crippen LogP contribution in [0.4, 0.5) is 5.69 Å². The minimum Gasteiger partial charge on any atom is -0.278 e. The van der Waals surface area contributed by atoms with Crippen LogP contribution in [0.3, 0.4) is 0 Å². The van der Waals surface area contributed by atoms with E-state index < -0.39 is 10.0 Å². The molecule has 1 N–H and O–H groups in total. The Labute approximate surface area is 114 Å². The summed E-state index contributed by atoms with van der Waals surface area (Å²) in [5, 5.41) is 0. The number of benzene rings is 1. The zero-order chi connectivity index (χ0) is 13.2. The van der Waals surface area contributed by atoms with Crippen molar-refractivity contribution in [2.24, 2.45) is 0 Å². The summed E-state index contributed by atoms with van der Waals surface area (Å²) in [6.07, 6.45) is 3.04. The van der Waals surface area contributed by atoms with E-state index in [2.05, 4.69) is 25.6 Å². The molecule has 4 nitrogen and oxygen atoms in total. The molecule has 0 aliphatic rings. The van der Waals surface area contributed by atoms with E-state index >= 15 is 0 Å². The van der Waals surface area contributed by atoms with E-state index in [1.807, 2.05) is 6.92 Å². The van der Waals surface area contributed by atoms with Crippen molar-refractivity contribution in [1.29, 1.82) is 0 Å². The SMILES string of the molecule is Cc1ccc(S(=O)(=O)Nc2cccnc2)c(Br)c1. The first kappa shape index (κ1) is 13.0. The quantitative estimate of drug-likeness (QED) is 0.943. The molecule has 0 bridgehead atoms. The van der Waals surface area contributed by atoms with Gasteiger partial charge in [0.1, 0.15) is 4.90 Å². The van der Waals surface area contributed by atoms with Crippen LogP contribution in [0.5, 0.6) is 0 Å². The highest BCUT2D eigenvalue weighted by atomic mass is 79.9. The van der Waals surface area contributed by atoms with E-state index in [1.165, 1.54) is 6.20 Å². The first-order chi connectivity index (χ1) is 8.49. The molecule has 2 rings (SSSR count). The van der Waals surface area contributed by atoms with Crippen molar-refractivity contribution >= 4 is 31.6 Å². The van der Waals surface area contributed by atoms with Gasteiger partial charge in [0.15, 0.2) is 0 Å². The molecule has 2 aromatic rings. The zero-order valence-corrected chi connectivity index (χ0v) is 12.0. The molecule has 0 saturated carbocycles. The summed E-state index contributed by atoms with van der Waals surface area (Å²) < 4.78 is 27.3. The normalized spacial score (nSPS) is 11.2. The lowest BCUT2D eigenvalue weighted by atomic mass is 10.2. The second kappa shape index (κ2) is 5.07. The van der Waals surface area contributed by atoms with Gasteiger partial charge < -0.3 is 0 Å². The fourth-order valence-corrected chi connectivity index (χ4v) is 3.69. The number of anilines is 1. The second-order valence-electron chi connectivity index (χ2n) is 3.78. The number of pyridine rings is 1. The average molecular weight is 327 g/mol. The van der Waals surface area contributed by atoms with Gasteiger partial charge in [-0.25, -0.2) is 8.42 Å². The molecule has 6 heteroatoms. The minimum atomic E-state index is -3.60.